The number of aliphatic hydroxyl groups excluding tert-OH is 1. The van der Waals surface area contributed by atoms with Gasteiger partial charge in [-0.2, -0.15) is 0 Å². The minimum Gasteiger partial charge on any atom is -0.476 e. The molecule has 96 valence electrons. The smallest absolute Gasteiger partial charge is 0.358 e. The summed E-state index contributed by atoms with van der Waals surface area (Å²) in [6.45, 7) is 2.37. The summed E-state index contributed by atoms with van der Waals surface area (Å²) in [6.07, 6.45) is 0.969. The van der Waals surface area contributed by atoms with Gasteiger partial charge in [0, 0.05) is 20.3 Å². The summed E-state index contributed by atoms with van der Waals surface area (Å²) in [5.41, 5.74) is 0.376. The summed E-state index contributed by atoms with van der Waals surface area (Å²) in [5, 5.41) is 25.1. The molecule has 0 radical (unpaired) electrons. The van der Waals surface area contributed by atoms with Crippen LogP contribution < -0.4 is 0 Å². The highest BCUT2D eigenvalue weighted by Gasteiger charge is 2.23. The van der Waals surface area contributed by atoms with Gasteiger partial charge in [0.1, 0.15) is 5.69 Å². The van der Waals surface area contributed by atoms with Crippen LogP contribution in [0.15, 0.2) is 0 Å². The Bertz CT molecular complexity index is 378. The van der Waals surface area contributed by atoms with Gasteiger partial charge in [-0.3, -0.25) is 0 Å². The van der Waals surface area contributed by atoms with Crippen molar-refractivity contribution < 1.29 is 19.7 Å². The molecule has 1 unspecified atom stereocenters. The summed E-state index contributed by atoms with van der Waals surface area (Å²) in [5.74, 6) is -1.11. The molecule has 0 aliphatic heterocycles. The Labute approximate surface area is 99.0 Å². The molecule has 0 aliphatic carbocycles. The van der Waals surface area contributed by atoms with Crippen LogP contribution in [0.3, 0.4) is 0 Å². The van der Waals surface area contributed by atoms with Gasteiger partial charge in [0.2, 0.25) is 0 Å². The molecule has 0 fully saturated rings. The van der Waals surface area contributed by atoms with E-state index in [0.717, 1.165) is 0 Å². The molecule has 2 N–H and O–H groups in total. The minimum absolute atomic E-state index is 0.0802. The number of methoxy groups -OCH3 is 1. The lowest BCUT2D eigenvalue weighted by molar-refractivity contribution is 0.0673. The van der Waals surface area contributed by atoms with E-state index in [2.05, 4.69) is 10.3 Å². The normalized spacial score (nSPS) is 12.6. The SMILES string of the molecule is COC(C)c1c(C(=O)O)nnn1CCCCO. The van der Waals surface area contributed by atoms with Gasteiger partial charge in [-0.25, -0.2) is 9.48 Å². The van der Waals surface area contributed by atoms with Crippen LogP contribution in [0.25, 0.3) is 0 Å². The predicted octanol–water partition coefficient (Wildman–Crippen LogP) is 0.456. The van der Waals surface area contributed by atoms with E-state index < -0.39 is 5.97 Å². The van der Waals surface area contributed by atoms with E-state index in [1.165, 1.54) is 11.8 Å². The van der Waals surface area contributed by atoms with E-state index >= 15 is 0 Å². The van der Waals surface area contributed by atoms with Crippen LogP contribution in [0.5, 0.6) is 0 Å². The van der Waals surface area contributed by atoms with Gasteiger partial charge in [0.05, 0.1) is 6.10 Å². The summed E-state index contributed by atoms with van der Waals surface area (Å²) in [6, 6.07) is 0. The molecule has 0 bridgehead atoms. The number of aliphatic hydroxyl groups is 1. The number of rotatable bonds is 7. The van der Waals surface area contributed by atoms with Gasteiger partial charge in [-0.05, 0) is 19.8 Å². The molecule has 0 saturated carbocycles. The highest BCUT2D eigenvalue weighted by molar-refractivity contribution is 5.86. The first-order valence-electron chi connectivity index (χ1n) is 5.42. The van der Waals surface area contributed by atoms with Crippen molar-refractivity contribution in [2.75, 3.05) is 13.7 Å². The average molecular weight is 243 g/mol. The third-order valence-electron chi connectivity index (χ3n) is 2.49. The lowest BCUT2D eigenvalue weighted by atomic mass is 10.2. The number of hydrogen-bond donors (Lipinski definition) is 2. The van der Waals surface area contributed by atoms with Crippen LogP contribution in [0.4, 0.5) is 0 Å². The van der Waals surface area contributed by atoms with Crippen LogP contribution in [-0.2, 0) is 11.3 Å². The van der Waals surface area contributed by atoms with Crippen molar-refractivity contribution >= 4 is 5.97 Å². The largest absolute Gasteiger partial charge is 0.476 e. The zero-order chi connectivity index (χ0) is 12.8. The second-order valence-electron chi connectivity index (χ2n) is 3.66. The topological polar surface area (TPSA) is 97.5 Å². The fraction of sp³-hybridized carbons (Fsp3) is 0.700. The number of carbonyl (C=O) groups is 1. The third-order valence-corrected chi connectivity index (χ3v) is 2.49. The molecule has 0 aromatic carbocycles. The fourth-order valence-electron chi connectivity index (χ4n) is 1.53. The first kappa shape index (κ1) is 13.6. The molecular weight excluding hydrogens is 226 g/mol. The Kier molecular flexibility index (Phi) is 5.05. The predicted molar refractivity (Wildman–Crippen MR) is 58.7 cm³/mol. The third kappa shape index (κ3) is 3.24. The van der Waals surface area contributed by atoms with Gasteiger partial charge in [0.15, 0.2) is 5.69 Å². The number of aryl methyl sites for hydroxylation is 1. The van der Waals surface area contributed by atoms with Crippen molar-refractivity contribution in [2.24, 2.45) is 0 Å². The van der Waals surface area contributed by atoms with Gasteiger partial charge in [-0.15, -0.1) is 5.10 Å². The molecule has 7 heteroatoms. The Balaban J connectivity index is 2.92. The van der Waals surface area contributed by atoms with E-state index in [0.29, 0.717) is 25.1 Å². The molecule has 1 heterocycles. The number of unbranched alkanes of at least 4 members (excludes halogenated alkanes) is 1. The average Bonchev–Trinajstić information content (AvgIpc) is 2.72. The van der Waals surface area contributed by atoms with Crippen LogP contribution in [0.1, 0.15) is 42.1 Å². The Morgan fingerprint density at radius 3 is 2.76 bits per heavy atom. The fourth-order valence-corrected chi connectivity index (χ4v) is 1.53. The molecule has 7 nitrogen and oxygen atoms in total. The van der Waals surface area contributed by atoms with Crippen LogP contribution in [-0.4, -0.2) is 44.9 Å². The lowest BCUT2D eigenvalue weighted by Gasteiger charge is -2.12. The highest BCUT2D eigenvalue weighted by atomic mass is 16.5. The zero-order valence-electron chi connectivity index (χ0n) is 9.96. The molecule has 1 aromatic rings. The molecule has 0 spiro atoms. The summed E-state index contributed by atoms with van der Waals surface area (Å²) >= 11 is 0. The van der Waals surface area contributed by atoms with Crippen molar-refractivity contribution in [3.63, 3.8) is 0 Å². The van der Waals surface area contributed by atoms with Crippen molar-refractivity contribution in [2.45, 2.75) is 32.4 Å². The van der Waals surface area contributed by atoms with Gasteiger partial charge >= 0.3 is 5.97 Å². The Morgan fingerprint density at radius 1 is 1.53 bits per heavy atom. The maximum absolute atomic E-state index is 11.0. The van der Waals surface area contributed by atoms with Crippen LogP contribution in [0, 0.1) is 0 Å². The van der Waals surface area contributed by atoms with E-state index in [9.17, 15) is 4.79 Å². The Hall–Kier alpha value is -1.47. The Morgan fingerprint density at radius 2 is 2.24 bits per heavy atom. The summed E-state index contributed by atoms with van der Waals surface area (Å²) < 4.78 is 6.64. The molecule has 1 atom stereocenters. The summed E-state index contributed by atoms with van der Waals surface area (Å²) in [7, 11) is 1.50. The van der Waals surface area contributed by atoms with E-state index in [4.69, 9.17) is 14.9 Å². The lowest BCUT2D eigenvalue weighted by Crippen LogP contribution is -2.13. The second kappa shape index (κ2) is 6.31. The van der Waals surface area contributed by atoms with E-state index in [1.807, 2.05) is 0 Å². The number of ether oxygens (including phenoxy) is 1. The first-order valence-corrected chi connectivity index (χ1v) is 5.42. The molecular formula is C10H17N3O4. The van der Waals surface area contributed by atoms with Crippen molar-refractivity contribution in [3.8, 4) is 0 Å². The van der Waals surface area contributed by atoms with Crippen LogP contribution in [0.2, 0.25) is 0 Å². The van der Waals surface area contributed by atoms with Crippen molar-refractivity contribution in [1.29, 1.82) is 0 Å². The number of carboxylic acid groups (broad SMARTS) is 1. The monoisotopic (exact) mass is 243 g/mol. The number of aromatic carboxylic acids is 1. The summed E-state index contributed by atoms with van der Waals surface area (Å²) in [4.78, 5) is 11.0. The number of aromatic nitrogens is 3. The van der Waals surface area contributed by atoms with E-state index in [-0.39, 0.29) is 18.4 Å². The standard InChI is InChI=1S/C10H17N3O4/c1-7(17-2)9-8(10(15)16)11-12-13(9)5-3-4-6-14/h7,14H,3-6H2,1-2H3,(H,15,16). The van der Waals surface area contributed by atoms with Crippen molar-refractivity contribution in [1.82, 2.24) is 15.0 Å². The van der Waals surface area contributed by atoms with Crippen LogP contribution >= 0.6 is 0 Å². The maximum Gasteiger partial charge on any atom is 0.358 e. The zero-order valence-corrected chi connectivity index (χ0v) is 9.96. The van der Waals surface area contributed by atoms with Gasteiger partial charge < -0.3 is 14.9 Å². The van der Waals surface area contributed by atoms with Gasteiger partial charge in [0.25, 0.3) is 0 Å². The minimum atomic E-state index is -1.11. The van der Waals surface area contributed by atoms with Crippen molar-refractivity contribution in [3.05, 3.63) is 11.4 Å². The number of carboxylic acids is 1. The molecule has 0 aliphatic rings. The molecule has 17 heavy (non-hydrogen) atoms. The molecule has 1 aromatic heterocycles. The number of nitrogens with zero attached hydrogens (tertiary/aromatic N) is 3. The van der Waals surface area contributed by atoms with E-state index in [1.54, 1.807) is 6.92 Å². The van der Waals surface area contributed by atoms with Gasteiger partial charge in [-0.1, -0.05) is 5.21 Å². The number of hydrogen-bond acceptors (Lipinski definition) is 5. The first-order chi connectivity index (χ1) is 8.11. The molecule has 0 amide bonds. The quantitative estimate of drug-likeness (QED) is 0.675. The highest BCUT2D eigenvalue weighted by Crippen LogP contribution is 2.19. The molecule has 1 rings (SSSR count). The molecule has 0 saturated heterocycles. The maximum atomic E-state index is 11.0. The second-order valence-corrected chi connectivity index (χ2v) is 3.66.